The maximum atomic E-state index is 12.5. The lowest BCUT2D eigenvalue weighted by atomic mass is 10.2. The number of benzene rings is 2. The van der Waals surface area contributed by atoms with E-state index in [1.165, 1.54) is 0 Å². The van der Waals surface area contributed by atoms with Gasteiger partial charge in [0, 0.05) is 6.54 Å². The molecule has 1 N–H and O–H groups in total. The number of carbonyl (C=O) groups is 1. The Bertz CT molecular complexity index is 764. The van der Waals surface area contributed by atoms with E-state index in [-0.39, 0.29) is 5.91 Å². The number of rotatable bonds is 4. The van der Waals surface area contributed by atoms with Crippen LogP contribution < -0.4 is 5.32 Å². The topological polar surface area (TPSA) is 46.9 Å². The number of carbonyl (C=O) groups excluding carboxylic acids is 1. The van der Waals surface area contributed by atoms with Gasteiger partial charge in [-0.15, -0.1) is 0 Å². The number of para-hydroxylation sites is 1. The first-order chi connectivity index (χ1) is 10.7. The zero-order valence-electron chi connectivity index (χ0n) is 12.4. The minimum absolute atomic E-state index is 0.131. The summed E-state index contributed by atoms with van der Waals surface area (Å²) in [6.45, 7) is 2.38. The van der Waals surface area contributed by atoms with Gasteiger partial charge in [-0.25, -0.2) is 4.68 Å². The Morgan fingerprint density at radius 3 is 2.36 bits per heavy atom. The first-order valence-corrected chi connectivity index (χ1v) is 7.18. The molecule has 0 aliphatic carbocycles. The van der Waals surface area contributed by atoms with Crippen molar-refractivity contribution >= 4 is 5.91 Å². The van der Waals surface area contributed by atoms with Crippen molar-refractivity contribution in [2.24, 2.45) is 0 Å². The molecule has 0 saturated heterocycles. The molecule has 0 atom stereocenters. The first kappa shape index (κ1) is 14.1. The standard InChI is InChI=1S/C18H17N3O/c1-14-12-17(21(20-14)16-10-6-3-7-11-16)18(22)19-13-15-8-4-2-5-9-15/h2-12H,13H2,1H3,(H,19,22). The molecular formula is C18H17N3O. The summed E-state index contributed by atoms with van der Waals surface area (Å²) in [5.74, 6) is -0.131. The molecule has 4 heteroatoms. The summed E-state index contributed by atoms with van der Waals surface area (Å²) in [7, 11) is 0. The Kier molecular flexibility index (Phi) is 4.01. The summed E-state index contributed by atoms with van der Waals surface area (Å²) in [4.78, 5) is 12.5. The molecule has 0 unspecified atom stereocenters. The van der Waals surface area contributed by atoms with Gasteiger partial charge >= 0.3 is 0 Å². The van der Waals surface area contributed by atoms with Crippen LogP contribution in [0.15, 0.2) is 66.7 Å². The second kappa shape index (κ2) is 6.26. The SMILES string of the molecule is Cc1cc(C(=O)NCc2ccccc2)n(-c2ccccc2)n1. The molecule has 0 aliphatic rings. The van der Waals surface area contributed by atoms with E-state index >= 15 is 0 Å². The fourth-order valence-electron chi connectivity index (χ4n) is 2.30. The molecule has 1 aromatic heterocycles. The fraction of sp³-hybridized carbons (Fsp3) is 0.111. The average Bonchev–Trinajstić information content (AvgIpc) is 2.96. The van der Waals surface area contributed by atoms with E-state index in [9.17, 15) is 4.79 Å². The molecule has 1 heterocycles. The van der Waals surface area contributed by atoms with E-state index in [2.05, 4.69) is 10.4 Å². The van der Waals surface area contributed by atoms with Crippen molar-refractivity contribution in [3.63, 3.8) is 0 Å². The molecule has 4 nitrogen and oxygen atoms in total. The Morgan fingerprint density at radius 1 is 1.05 bits per heavy atom. The molecule has 0 fully saturated rings. The van der Waals surface area contributed by atoms with Crippen molar-refractivity contribution in [3.8, 4) is 5.69 Å². The van der Waals surface area contributed by atoms with Gasteiger partial charge in [-0.3, -0.25) is 4.79 Å². The van der Waals surface area contributed by atoms with Crippen LogP contribution in [0.2, 0.25) is 0 Å². The number of nitrogens with one attached hydrogen (secondary N) is 1. The third-order valence-electron chi connectivity index (χ3n) is 3.36. The first-order valence-electron chi connectivity index (χ1n) is 7.18. The van der Waals surface area contributed by atoms with E-state index in [0.29, 0.717) is 12.2 Å². The molecule has 3 rings (SSSR count). The van der Waals surface area contributed by atoms with Gasteiger partial charge in [-0.2, -0.15) is 5.10 Å². The summed E-state index contributed by atoms with van der Waals surface area (Å²) in [5.41, 5.74) is 3.30. The highest BCUT2D eigenvalue weighted by atomic mass is 16.2. The molecule has 1 amide bonds. The van der Waals surface area contributed by atoms with Crippen molar-refractivity contribution in [1.82, 2.24) is 15.1 Å². The van der Waals surface area contributed by atoms with Crippen molar-refractivity contribution in [2.75, 3.05) is 0 Å². The Hall–Kier alpha value is -2.88. The fourth-order valence-corrected chi connectivity index (χ4v) is 2.30. The largest absolute Gasteiger partial charge is 0.347 e. The van der Waals surface area contributed by atoms with Gasteiger partial charge in [0.2, 0.25) is 0 Å². The molecule has 2 aromatic carbocycles. The smallest absolute Gasteiger partial charge is 0.270 e. The minimum Gasteiger partial charge on any atom is -0.347 e. The van der Waals surface area contributed by atoms with Gasteiger partial charge in [0.25, 0.3) is 5.91 Å². The van der Waals surface area contributed by atoms with E-state index in [4.69, 9.17) is 0 Å². The molecule has 0 spiro atoms. The predicted octanol–water partition coefficient (Wildman–Crippen LogP) is 3.11. The van der Waals surface area contributed by atoms with Gasteiger partial charge in [0.15, 0.2) is 0 Å². The molecule has 0 aliphatic heterocycles. The second-order valence-corrected chi connectivity index (χ2v) is 5.09. The highest BCUT2D eigenvalue weighted by Gasteiger charge is 2.14. The van der Waals surface area contributed by atoms with Crippen molar-refractivity contribution < 1.29 is 4.79 Å². The van der Waals surface area contributed by atoms with E-state index in [0.717, 1.165) is 16.9 Å². The molecule has 110 valence electrons. The summed E-state index contributed by atoms with van der Waals surface area (Å²) in [6, 6.07) is 21.3. The zero-order valence-corrected chi connectivity index (χ0v) is 12.4. The third kappa shape index (κ3) is 3.06. The van der Waals surface area contributed by atoms with Crippen LogP contribution in [0.3, 0.4) is 0 Å². The average molecular weight is 291 g/mol. The number of aryl methyl sites for hydroxylation is 1. The molecule has 0 radical (unpaired) electrons. The molecule has 0 saturated carbocycles. The number of aromatic nitrogens is 2. The number of nitrogens with zero attached hydrogens (tertiary/aromatic N) is 2. The van der Waals surface area contributed by atoms with Gasteiger partial charge in [-0.1, -0.05) is 48.5 Å². The lowest BCUT2D eigenvalue weighted by Gasteiger charge is -2.08. The number of amides is 1. The van der Waals surface area contributed by atoms with Crippen LogP contribution in [0.25, 0.3) is 5.69 Å². The lowest BCUT2D eigenvalue weighted by molar-refractivity contribution is 0.0943. The Morgan fingerprint density at radius 2 is 1.68 bits per heavy atom. The molecule has 0 bridgehead atoms. The van der Waals surface area contributed by atoms with Crippen molar-refractivity contribution in [3.05, 3.63) is 83.7 Å². The third-order valence-corrected chi connectivity index (χ3v) is 3.36. The summed E-state index contributed by atoms with van der Waals surface area (Å²) < 4.78 is 1.68. The van der Waals surface area contributed by atoms with Crippen LogP contribution in [-0.2, 0) is 6.54 Å². The van der Waals surface area contributed by atoms with E-state index in [1.807, 2.05) is 67.6 Å². The highest BCUT2D eigenvalue weighted by Crippen LogP contribution is 2.12. The monoisotopic (exact) mass is 291 g/mol. The number of hydrogen-bond acceptors (Lipinski definition) is 2. The molecular weight excluding hydrogens is 274 g/mol. The van der Waals surface area contributed by atoms with Gasteiger partial charge in [0.05, 0.1) is 11.4 Å². The van der Waals surface area contributed by atoms with Gasteiger partial charge in [-0.05, 0) is 30.7 Å². The predicted molar refractivity (Wildman–Crippen MR) is 85.9 cm³/mol. The normalized spacial score (nSPS) is 10.4. The highest BCUT2D eigenvalue weighted by molar-refractivity contribution is 5.93. The van der Waals surface area contributed by atoms with Crippen LogP contribution >= 0.6 is 0 Å². The molecule has 3 aromatic rings. The van der Waals surface area contributed by atoms with E-state index in [1.54, 1.807) is 10.7 Å². The maximum absolute atomic E-state index is 12.5. The van der Waals surface area contributed by atoms with E-state index < -0.39 is 0 Å². The van der Waals surface area contributed by atoms with Crippen LogP contribution in [0, 0.1) is 6.92 Å². The zero-order chi connectivity index (χ0) is 15.4. The summed E-state index contributed by atoms with van der Waals surface area (Å²) in [5, 5.41) is 7.35. The van der Waals surface area contributed by atoms with Crippen LogP contribution in [0.5, 0.6) is 0 Å². The molecule has 22 heavy (non-hydrogen) atoms. The minimum atomic E-state index is -0.131. The van der Waals surface area contributed by atoms with Crippen molar-refractivity contribution in [1.29, 1.82) is 0 Å². The van der Waals surface area contributed by atoms with Crippen molar-refractivity contribution in [2.45, 2.75) is 13.5 Å². The van der Waals surface area contributed by atoms with Gasteiger partial charge < -0.3 is 5.32 Å². The Balaban J connectivity index is 1.81. The van der Waals surface area contributed by atoms with Crippen LogP contribution in [0.4, 0.5) is 0 Å². The summed E-state index contributed by atoms with van der Waals surface area (Å²) in [6.07, 6.45) is 0. The Labute approximate surface area is 129 Å². The quantitative estimate of drug-likeness (QED) is 0.803. The second-order valence-electron chi connectivity index (χ2n) is 5.09. The summed E-state index contributed by atoms with van der Waals surface area (Å²) >= 11 is 0. The van der Waals surface area contributed by atoms with Crippen LogP contribution in [-0.4, -0.2) is 15.7 Å². The maximum Gasteiger partial charge on any atom is 0.270 e. The van der Waals surface area contributed by atoms with Gasteiger partial charge in [0.1, 0.15) is 5.69 Å². The number of hydrogen-bond donors (Lipinski definition) is 1. The van der Waals surface area contributed by atoms with Crippen LogP contribution in [0.1, 0.15) is 21.7 Å². The lowest BCUT2D eigenvalue weighted by Crippen LogP contribution is -2.25.